The summed E-state index contributed by atoms with van der Waals surface area (Å²) in [6.45, 7) is 6.47. The molecule has 1 saturated heterocycles. The van der Waals surface area contributed by atoms with Crippen molar-refractivity contribution in [2.75, 3.05) is 23.1 Å². The van der Waals surface area contributed by atoms with Gasteiger partial charge in [0.15, 0.2) is 0 Å². The van der Waals surface area contributed by atoms with E-state index in [0.29, 0.717) is 18.7 Å². The van der Waals surface area contributed by atoms with Gasteiger partial charge in [0.05, 0.1) is 17.4 Å². The van der Waals surface area contributed by atoms with E-state index in [9.17, 15) is 18.0 Å². The van der Waals surface area contributed by atoms with E-state index in [1.54, 1.807) is 24.0 Å². The van der Waals surface area contributed by atoms with Crippen molar-refractivity contribution in [1.82, 2.24) is 4.90 Å². The van der Waals surface area contributed by atoms with Gasteiger partial charge < -0.3 is 4.90 Å². The molecule has 1 aromatic carbocycles. The lowest BCUT2D eigenvalue weighted by atomic mass is 10.1. The molecule has 22 heavy (non-hydrogen) atoms. The summed E-state index contributed by atoms with van der Waals surface area (Å²) in [6, 6.07) is 6.22. The van der Waals surface area contributed by atoms with Crippen LogP contribution in [0.2, 0.25) is 0 Å². The summed E-state index contributed by atoms with van der Waals surface area (Å²) in [4.78, 5) is 26.1. The van der Waals surface area contributed by atoms with Crippen molar-refractivity contribution in [2.24, 2.45) is 5.92 Å². The van der Waals surface area contributed by atoms with Gasteiger partial charge in [0, 0.05) is 18.7 Å². The van der Waals surface area contributed by atoms with E-state index in [1.807, 2.05) is 13.8 Å². The predicted molar refractivity (Wildman–Crippen MR) is 84.1 cm³/mol. The van der Waals surface area contributed by atoms with Crippen molar-refractivity contribution in [3.05, 3.63) is 29.8 Å². The summed E-state index contributed by atoms with van der Waals surface area (Å²) >= 11 is 0. The van der Waals surface area contributed by atoms with Crippen LogP contribution in [0.15, 0.2) is 24.3 Å². The molecule has 120 valence electrons. The fraction of sp³-hybridized carbons (Fsp3) is 0.467. The zero-order chi connectivity index (χ0) is 16.5. The van der Waals surface area contributed by atoms with Crippen molar-refractivity contribution < 1.29 is 18.0 Å². The minimum atomic E-state index is -3.65. The number of rotatable bonds is 4. The summed E-state index contributed by atoms with van der Waals surface area (Å²) in [6.07, 6.45) is 0. The van der Waals surface area contributed by atoms with Gasteiger partial charge in [-0.2, -0.15) is 0 Å². The van der Waals surface area contributed by atoms with Crippen LogP contribution in [0.1, 0.15) is 31.1 Å². The molecule has 7 heteroatoms. The Hall–Kier alpha value is -1.89. The monoisotopic (exact) mass is 324 g/mol. The highest BCUT2D eigenvalue weighted by molar-refractivity contribution is 7.94. The normalized spacial score (nSPS) is 20.2. The molecule has 1 aliphatic rings. The maximum atomic E-state index is 12.4. The van der Waals surface area contributed by atoms with E-state index >= 15 is 0 Å². The first-order valence-electron chi connectivity index (χ1n) is 7.28. The Labute approximate surface area is 130 Å². The maximum Gasteiger partial charge on any atom is 0.253 e. The average Bonchev–Trinajstić information content (AvgIpc) is 2.68. The standard InChI is InChI=1S/C15H20N2O4S/c1-4-16(5-2)15(19)12-7-6-8-13(9-12)17-14(18)11(3)10-22(17,20)21/h6-9,11H,4-5,10H2,1-3H3/t11-/m0/s1. The molecule has 0 bridgehead atoms. The topological polar surface area (TPSA) is 74.8 Å². The van der Waals surface area contributed by atoms with E-state index in [4.69, 9.17) is 0 Å². The molecule has 0 aromatic heterocycles. The summed E-state index contributed by atoms with van der Waals surface area (Å²) in [5.41, 5.74) is 0.608. The van der Waals surface area contributed by atoms with E-state index in [1.165, 1.54) is 12.1 Å². The van der Waals surface area contributed by atoms with Crippen LogP contribution in [-0.2, 0) is 14.8 Å². The summed E-state index contributed by atoms with van der Waals surface area (Å²) < 4.78 is 25.1. The Morgan fingerprint density at radius 1 is 1.32 bits per heavy atom. The zero-order valence-corrected chi connectivity index (χ0v) is 13.8. The number of carbonyl (C=O) groups excluding carboxylic acids is 2. The van der Waals surface area contributed by atoms with Crippen molar-refractivity contribution in [3.63, 3.8) is 0 Å². The molecule has 1 aromatic rings. The van der Waals surface area contributed by atoms with Gasteiger partial charge in [-0.05, 0) is 32.0 Å². The van der Waals surface area contributed by atoms with Crippen molar-refractivity contribution in [1.29, 1.82) is 0 Å². The van der Waals surface area contributed by atoms with E-state index in [0.717, 1.165) is 4.31 Å². The van der Waals surface area contributed by atoms with Crippen molar-refractivity contribution >= 4 is 27.5 Å². The second-order valence-electron chi connectivity index (χ2n) is 5.31. The number of carbonyl (C=O) groups is 2. The van der Waals surface area contributed by atoms with Crippen LogP contribution in [0.5, 0.6) is 0 Å². The quantitative estimate of drug-likeness (QED) is 0.841. The molecule has 0 aliphatic carbocycles. The summed E-state index contributed by atoms with van der Waals surface area (Å²) in [7, 11) is -3.65. The van der Waals surface area contributed by atoms with Crippen LogP contribution < -0.4 is 4.31 Å². The minimum Gasteiger partial charge on any atom is -0.339 e. The third kappa shape index (κ3) is 2.85. The van der Waals surface area contributed by atoms with Crippen LogP contribution in [0.4, 0.5) is 5.69 Å². The number of sulfonamides is 1. The Morgan fingerprint density at radius 2 is 1.95 bits per heavy atom. The number of anilines is 1. The molecule has 1 atom stereocenters. The molecule has 0 N–H and O–H groups in total. The Morgan fingerprint density at radius 3 is 2.45 bits per heavy atom. The number of nitrogens with zero attached hydrogens (tertiary/aromatic N) is 2. The molecular formula is C15H20N2O4S. The van der Waals surface area contributed by atoms with Crippen LogP contribution >= 0.6 is 0 Å². The van der Waals surface area contributed by atoms with Crippen LogP contribution in [-0.4, -0.2) is 44.0 Å². The highest BCUT2D eigenvalue weighted by Crippen LogP contribution is 2.28. The lowest BCUT2D eigenvalue weighted by Crippen LogP contribution is -2.32. The third-order valence-electron chi connectivity index (χ3n) is 3.74. The van der Waals surface area contributed by atoms with Gasteiger partial charge in [-0.3, -0.25) is 9.59 Å². The highest BCUT2D eigenvalue weighted by atomic mass is 32.2. The van der Waals surface area contributed by atoms with Gasteiger partial charge in [0.2, 0.25) is 15.9 Å². The van der Waals surface area contributed by atoms with Gasteiger partial charge >= 0.3 is 0 Å². The summed E-state index contributed by atoms with van der Waals surface area (Å²) in [5, 5.41) is 0. The fourth-order valence-corrected chi connectivity index (χ4v) is 4.36. The predicted octanol–water partition coefficient (Wildman–Crippen LogP) is 1.48. The maximum absolute atomic E-state index is 12.4. The second-order valence-corrected chi connectivity index (χ2v) is 7.17. The van der Waals surface area contributed by atoms with Crippen LogP contribution in [0, 0.1) is 5.92 Å². The lowest BCUT2D eigenvalue weighted by Gasteiger charge is -2.20. The number of hydrogen-bond acceptors (Lipinski definition) is 4. The van der Waals surface area contributed by atoms with Gasteiger partial charge in [0.25, 0.3) is 5.91 Å². The average molecular weight is 324 g/mol. The van der Waals surface area contributed by atoms with E-state index in [2.05, 4.69) is 0 Å². The number of amides is 2. The molecule has 0 unspecified atom stereocenters. The second kappa shape index (κ2) is 6.08. The molecular weight excluding hydrogens is 304 g/mol. The van der Waals surface area contributed by atoms with Gasteiger partial charge in [-0.15, -0.1) is 0 Å². The molecule has 1 aliphatic heterocycles. The number of benzene rings is 1. The van der Waals surface area contributed by atoms with Crippen molar-refractivity contribution in [2.45, 2.75) is 20.8 Å². The van der Waals surface area contributed by atoms with Crippen molar-refractivity contribution in [3.8, 4) is 0 Å². The first-order chi connectivity index (χ1) is 10.3. The molecule has 2 rings (SSSR count). The lowest BCUT2D eigenvalue weighted by molar-refractivity contribution is -0.119. The molecule has 0 radical (unpaired) electrons. The minimum absolute atomic E-state index is 0.177. The van der Waals surface area contributed by atoms with E-state index in [-0.39, 0.29) is 17.3 Å². The summed E-state index contributed by atoms with van der Waals surface area (Å²) in [5.74, 6) is -1.39. The van der Waals surface area contributed by atoms with Crippen LogP contribution in [0.25, 0.3) is 0 Å². The first kappa shape index (κ1) is 16.5. The van der Waals surface area contributed by atoms with Crippen LogP contribution in [0.3, 0.4) is 0 Å². The molecule has 1 heterocycles. The Bertz CT molecular complexity index is 695. The smallest absolute Gasteiger partial charge is 0.253 e. The fourth-order valence-electron chi connectivity index (χ4n) is 2.55. The molecule has 0 spiro atoms. The Balaban J connectivity index is 2.41. The van der Waals surface area contributed by atoms with E-state index < -0.39 is 21.8 Å². The van der Waals surface area contributed by atoms with Gasteiger partial charge in [-0.25, -0.2) is 12.7 Å². The highest BCUT2D eigenvalue weighted by Gasteiger charge is 2.42. The Kier molecular flexibility index (Phi) is 4.55. The molecule has 2 amide bonds. The van der Waals surface area contributed by atoms with Gasteiger partial charge in [0.1, 0.15) is 0 Å². The number of hydrogen-bond donors (Lipinski definition) is 0. The first-order valence-corrected chi connectivity index (χ1v) is 8.89. The third-order valence-corrected chi connectivity index (χ3v) is 5.61. The zero-order valence-electron chi connectivity index (χ0n) is 12.9. The molecule has 0 saturated carbocycles. The largest absolute Gasteiger partial charge is 0.339 e. The molecule has 1 fully saturated rings. The molecule has 6 nitrogen and oxygen atoms in total. The SMILES string of the molecule is CCN(CC)C(=O)c1cccc(N2C(=O)[C@@H](C)CS2(=O)=O)c1. The van der Waals surface area contributed by atoms with Gasteiger partial charge in [-0.1, -0.05) is 13.0 Å².